The van der Waals surface area contributed by atoms with Crippen LogP contribution in [-0.2, 0) is 6.54 Å². The maximum absolute atomic E-state index is 11.1. The molecule has 1 saturated heterocycles. The fraction of sp³-hybridized carbons (Fsp3) is 0.353. The summed E-state index contributed by atoms with van der Waals surface area (Å²) in [6.07, 6.45) is 5.73. The molecule has 1 aromatic carbocycles. The number of benzene rings is 1. The zero-order valence-electron chi connectivity index (χ0n) is 12.4. The van der Waals surface area contributed by atoms with Gasteiger partial charge in [0.05, 0.1) is 12.1 Å². The molecule has 5 nitrogen and oxygen atoms in total. The van der Waals surface area contributed by atoms with Crippen molar-refractivity contribution in [3.8, 4) is 0 Å². The largest absolute Gasteiger partial charge is 0.478 e. The molecule has 114 valence electrons. The molecule has 1 N–H and O–H groups in total. The van der Waals surface area contributed by atoms with Gasteiger partial charge in [0, 0.05) is 18.9 Å². The lowest BCUT2D eigenvalue weighted by molar-refractivity contribution is 0.0696. The van der Waals surface area contributed by atoms with Crippen LogP contribution in [0.5, 0.6) is 0 Å². The monoisotopic (exact) mass is 297 g/mol. The average molecular weight is 297 g/mol. The van der Waals surface area contributed by atoms with Crippen LogP contribution in [0.2, 0.25) is 0 Å². The van der Waals surface area contributed by atoms with Gasteiger partial charge in [0.2, 0.25) is 0 Å². The Morgan fingerprint density at radius 2 is 2.09 bits per heavy atom. The number of carboxylic acids is 1. The van der Waals surface area contributed by atoms with Crippen LogP contribution < -0.4 is 0 Å². The van der Waals surface area contributed by atoms with Crippen molar-refractivity contribution in [1.29, 1.82) is 0 Å². The molecule has 1 atom stereocenters. The fourth-order valence-electron chi connectivity index (χ4n) is 3.01. The van der Waals surface area contributed by atoms with E-state index in [1.54, 1.807) is 24.5 Å². The first-order chi connectivity index (χ1) is 10.7. The minimum atomic E-state index is -0.868. The Hall–Kier alpha value is -2.27. The molecule has 1 aliphatic rings. The Morgan fingerprint density at radius 3 is 2.86 bits per heavy atom. The number of carboxylic acid groups (broad SMARTS) is 1. The number of carbonyl (C=O) groups is 1. The van der Waals surface area contributed by atoms with Crippen LogP contribution >= 0.6 is 0 Å². The molecular weight excluding hydrogens is 278 g/mol. The van der Waals surface area contributed by atoms with Crippen LogP contribution in [0.25, 0.3) is 0 Å². The average Bonchev–Trinajstić information content (AvgIpc) is 2.56. The van der Waals surface area contributed by atoms with Crippen LogP contribution in [-0.4, -0.2) is 39.0 Å². The minimum Gasteiger partial charge on any atom is -0.478 e. The third-order valence-corrected chi connectivity index (χ3v) is 4.09. The number of nitrogens with zero attached hydrogens (tertiary/aromatic N) is 3. The standard InChI is InChI=1S/C17H19N3O2/c21-17(22)14-5-1-4-13(10-14)15-6-2-9-20(11-15)12-16-18-7-3-8-19-16/h1,3-5,7-8,10,15H,2,6,9,11-12H2,(H,21,22)/t15-/m1/s1. The van der Waals surface area contributed by atoms with Gasteiger partial charge in [-0.3, -0.25) is 4.90 Å². The second kappa shape index (κ2) is 6.66. The summed E-state index contributed by atoms with van der Waals surface area (Å²) in [7, 11) is 0. The fourth-order valence-corrected chi connectivity index (χ4v) is 3.01. The van der Waals surface area contributed by atoms with Gasteiger partial charge in [0.25, 0.3) is 0 Å². The molecule has 0 bridgehead atoms. The smallest absolute Gasteiger partial charge is 0.335 e. The number of aromatic nitrogens is 2. The molecule has 1 aromatic heterocycles. The molecule has 5 heteroatoms. The lowest BCUT2D eigenvalue weighted by Gasteiger charge is -2.32. The maximum Gasteiger partial charge on any atom is 0.335 e. The lowest BCUT2D eigenvalue weighted by atomic mass is 9.89. The zero-order valence-corrected chi connectivity index (χ0v) is 12.4. The molecule has 1 fully saturated rings. The van der Waals surface area contributed by atoms with Crippen molar-refractivity contribution in [1.82, 2.24) is 14.9 Å². The molecule has 2 aromatic rings. The first-order valence-electron chi connectivity index (χ1n) is 7.54. The van der Waals surface area contributed by atoms with E-state index in [2.05, 4.69) is 14.9 Å². The second-order valence-electron chi connectivity index (χ2n) is 5.67. The van der Waals surface area contributed by atoms with E-state index >= 15 is 0 Å². The zero-order chi connectivity index (χ0) is 15.4. The third-order valence-electron chi connectivity index (χ3n) is 4.09. The van der Waals surface area contributed by atoms with E-state index in [-0.39, 0.29) is 0 Å². The van der Waals surface area contributed by atoms with Crippen LogP contribution in [0.15, 0.2) is 42.7 Å². The van der Waals surface area contributed by atoms with E-state index in [0.717, 1.165) is 43.9 Å². The Labute approximate surface area is 129 Å². The Balaban J connectivity index is 1.70. The second-order valence-corrected chi connectivity index (χ2v) is 5.67. The van der Waals surface area contributed by atoms with Gasteiger partial charge in [0.15, 0.2) is 0 Å². The highest BCUT2D eigenvalue weighted by atomic mass is 16.4. The molecule has 1 aliphatic heterocycles. The van der Waals surface area contributed by atoms with Gasteiger partial charge >= 0.3 is 5.97 Å². The molecule has 3 rings (SSSR count). The lowest BCUT2D eigenvalue weighted by Crippen LogP contribution is -2.34. The van der Waals surface area contributed by atoms with Crippen LogP contribution in [0.1, 0.15) is 40.5 Å². The van der Waals surface area contributed by atoms with Crippen molar-refractivity contribution in [2.75, 3.05) is 13.1 Å². The van der Waals surface area contributed by atoms with Crippen molar-refractivity contribution < 1.29 is 9.90 Å². The summed E-state index contributed by atoms with van der Waals surface area (Å²) >= 11 is 0. The van der Waals surface area contributed by atoms with Crippen LogP contribution in [0.4, 0.5) is 0 Å². The van der Waals surface area contributed by atoms with Gasteiger partial charge in [-0.05, 0) is 49.1 Å². The molecule has 0 amide bonds. The van der Waals surface area contributed by atoms with E-state index in [1.165, 1.54) is 0 Å². The Kier molecular flexibility index (Phi) is 4.44. The highest BCUT2D eigenvalue weighted by Crippen LogP contribution is 2.28. The first kappa shape index (κ1) is 14.7. The summed E-state index contributed by atoms with van der Waals surface area (Å²) in [6.45, 7) is 2.70. The van der Waals surface area contributed by atoms with E-state index in [4.69, 9.17) is 5.11 Å². The molecule has 0 aliphatic carbocycles. The number of rotatable bonds is 4. The van der Waals surface area contributed by atoms with Crippen molar-refractivity contribution in [2.45, 2.75) is 25.3 Å². The molecule has 0 saturated carbocycles. The van der Waals surface area contributed by atoms with Crippen molar-refractivity contribution in [2.24, 2.45) is 0 Å². The van der Waals surface area contributed by atoms with Gasteiger partial charge in [-0.2, -0.15) is 0 Å². The number of hydrogen-bond acceptors (Lipinski definition) is 4. The highest BCUT2D eigenvalue weighted by Gasteiger charge is 2.22. The molecular formula is C17H19N3O2. The predicted octanol–water partition coefficient (Wildman–Crippen LogP) is 2.55. The van der Waals surface area contributed by atoms with Gasteiger partial charge in [-0.15, -0.1) is 0 Å². The number of hydrogen-bond donors (Lipinski definition) is 1. The SMILES string of the molecule is O=C(O)c1cccc([C@@H]2CCCN(Cc3ncccn3)C2)c1. The van der Waals surface area contributed by atoms with Gasteiger partial charge in [-0.25, -0.2) is 14.8 Å². The molecule has 0 spiro atoms. The number of likely N-dealkylation sites (tertiary alicyclic amines) is 1. The summed E-state index contributed by atoms with van der Waals surface area (Å²) < 4.78 is 0. The van der Waals surface area contributed by atoms with Gasteiger partial charge in [0.1, 0.15) is 5.82 Å². The first-order valence-corrected chi connectivity index (χ1v) is 7.54. The Bertz CT molecular complexity index is 645. The van der Waals surface area contributed by atoms with Crippen molar-refractivity contribution >= 4 is 5.97 Å². The minimum absolute atomic E-state index is 0.362. The molecule has 2 heterocycles. The number of aromatic carboxylic acids is 1. The van der Waals surface area contributed by atoms with E-state index in [0.29, 0.717) is 11.5 Å². The van der Waals surface area contributed by atoms with Crippen molar-refractivity contribution in [3.05, 3.63) is 59.7 Å². The summed E-state index contributed by atoms with van der Waals surface area (Å²) in [5.41, 5.74) is 1.47. The summed E-state index contributed by atoms with van der Waals surface area (Å²) in [5, 5.41) is 9.13. The van der Waals surface area contributed by atoms with E-state index < -0.39 is 5.97 Å². The topological polar surface area (TPSA) is 66.3 Å². The highest BCUT2D eigenvalue weighted by molar-refractivity contribution is 5.87. The number of piperidine rings is 1. The molecule has 0 radical (unpaired) electrons. The Morgan fingerprint density at radius 1 is 1.27 bits per heavy atom. The molecule has 0 unspecified atom stereocenters. The van der Waals surface area contributed by atoms with Gasteiger partial charge < -0.3 is 5.11 Å². The van der Waals surface area contributed by atoms with Crippen LogP contribution in [0, 0.1) is 0 Å². The maximum atomic E-state index is 11.1. The normalized spacial score (nSPS) is 19.0. The van der Waals surface area contributed by atoms with Crippen LogP contribution in [0.3, 0.4) is 0 Å². The quantitative estimate of drug-likeness (QED) is 0.939. The van der Waals surface area contributed by atoms with E-state index in [9.17, 15) is 4.79 Å². The summed E-state index contributed by atoms with van der Waals surface area (Å²) in [4.78, 5) is 22.0. The molecule has 22 heavy (non-hydrogen) atoms. The summed E-state index contributed by atoms with van der Waals surface area (Å²) in [6, 6.07) is 9.12. The van der Waals surface area contributed by atoms with E-state index in [1.807, 2.05) is 18.2 Å². The summed E-state index contributed by atoms with van der Waals surface area (Å²) in [5.74, 6) is 0.339. The van der Waals surface area contributed by atoms with Gasteiger partial charge in [-0.1, -0.05) is 12.1 Å². The third kappa shape index (κ3) is 3.49. The predicted molar refractivity (Wildman–Crippen MR) is 82.7 cm³/mol. The van der Waals surface area contributed by atoms with Crippen molar-refractivity contribution in [3.63, 3.8) is 0 Å².